The molecule has 1 unspecified atom stereocenters. The number of amides is 2. The van der Waals surface area contributed by atoms with Crippen LogP contribution < -0.4 is 10.0 Å². The first-order valence-corrected chi connectivity index (χ1v) is 12.8. The van der Waals surface area contributed by atoms with E-state index in [0.717, 1.165) is 30.8 Å². The quantitative estimate of drug-likeness (QED) is 0.641. The normalized spacial score (nSPS) is 17.8. The zero-order valence-corrected chi connectivity index (χ0v) is 19.6. The van der Waals surface area contributed by atoms with Gasteiger partial charge in [0.2, 0.25) is 21.8 Å². The minimum atomic E-state index is -3.95. The number of anilines is 1. The molecule has 2 aromatic carbocycles. The van der Waals surface area contributed by atoms with E-state index in [1.54, 1.807) is 17.0 Å². The van der Waals surface area contributed by atoms with E-state index >= 15 is 0 Å². The molecule has 4 rings (SSSR count). The summed E-state index contributed by atoms with van der Waals surface area (Å²) in [6.07, 6.45) is 1.08. The van der Waals surface area contributed by atoms with Crippen molar-refractivity contribution in [3.8, 4) is 0 Å². The van der Waals surface area contributed by atoms with Crippen LogP contribution in [0.2, 0.25) is 0 Å². The number of benzene rings is 2. The second-order valence-electron chi connectivity index (χ2n) is 8.49. The zero-order chi connectivity index (χ0) is 23.4. The van der Waals surface area contributed by atoms with E-state index in [-0.39, 0.29) is 23.1 Å². The predicted octanol–water partition coefficient (Wildman–Crippen LogP) is 1.62. The minimum Gasteiger partial charge on any atom is -0.339 e. The van der Waals surface area contributed by atoms with Crippen LogP contribution >= 0.6 is 0 Å². The Balaban J connectivity index is 1.56. The van der Waals surface area contributed by atoms with E-state index < -0.39 is 16.1 Å². The Morgan fingerprint density at radius 1 is 1.06 bits per heavy atom. The fourth-order valence-corrected chi connectivity index (χ4v) is 5.56. The Morgan fingerprint density at radius 3 is 2.48 bits per heavy atom. The highest BCUT2D eigenvalue weighted by molar-refractivity contribution is 7.89. The van der Waals surface area contributed by atoms with Crippen LogP contribution in [0.15, 0.2) is 53.4 Å². The maximum absolute atomic E-state index is 13.4. The molecule has 2 N–H and O–H groups in total. The molecular weight excluding hydrogens is 440 g/mol. The number of rotatable bonds is 7. The fraction of sp³-hybridized carbons (Fsp3) is 0.417. The summed E-state index contributed by atoms with van der Waals surface area (Å²) in [5.74, 6) is -0.281. The van der Waals surface area contributed by atoms with Crippen LogP contribution in [0.4, 0.5) is 5.69 Å². The Bertz CT molecular complexity index is 1110. The van der Waals surface area contributed by atoms with Gasteiger partial charge in [-0.3, -0.25) is 9.59 Å². The SMILES string of the molecule is CCN1CCN(C(=O)C(Cc2ccccc2)NS(=O)(=O)c2ccc3c(c2)CCC(=O)N3)CC1. The monoisotopic (exact) mass is 470 g/mol. The van der Waals surface area contributed by atoms with Crippen molar-refractivity contribution in [1.82, 2.24) is 14.5 Å². The van der Waals surface area contributed by atoms with Gasteiger partial charge >= 0.3 is 0 Å². The predicted molar refractivity (Wildman–Crippen MR) is 126 cm³/mol. The number of hydrogen-bond acceptors (Lipinski definition) is 5. The molecule has 0 aliphatic carbocycles. The number of nitrogens with one attached hydrogen (secondary N) is 2. The van der Waals surface area contributed by atoms with Crippen LogP contribution in [0.25, 0.3) is 0 Å². The second kappa shape index (κ2) is 10.0. The van der Waals surface area contributed by atoms with Crippen LogP contribution in [0.5, 0.6) is 0 Å². The maximum Gasteiger partial charge on any atom is 0.241 e. The third kappa shape index (κ3) is 5.61. The highest BCUT2D eigenvalue weighted by atomic mass is 32.2. The number of piperazine rings is 1. The largest absolute Gasteiger partial charge is 0.339 e. The van der Waals surface area contributed by atoms with Crippen molar-refractivity contribution in [3.05, 3.63) is 59.7 Å². The van der Waals surface area contributed by atoms with E-state index in [1.807, 2.05) is 30.3 Å². The first kappa shape index (κ1) is 23.4. The van der Waals surface area contributed by atoms with Crippen molar-refractivity contribution >= 4 is 27.5 Å². The molecule has 0 aromatic heterocycles. The lowest BCUT2D eigenvalue weighted by Crippen LogP contribution is -2.55. The summed E-state index contributed by atoms with van der Waals surface area (Å²) in [5, 5.41) is 2.76. The summed E-state index contributed by atoms with van der Waals surface area (Å²) in [6, 6.07) is 13.2. The molecule has 0 bridgehead atoms. The summed E-state index contributed by atoms with van der Waals surface area (Å²) >= 11 is 0. The molecule has 2 heterocycles. The van der Waals surface area contributed by atoms with Crippen LogP contribution in [0.1, 0.15) is 24.5 Å². The first-order chi connectivity index (χ1) is 15.9. The standard InChI is InChI=1S/C24H30N4O4S/c1-2-27-12-14-28(15-13-27)24(30)22(16-18-6-4-3-5-7-18)26-33(31,32)20-9-10-21-19(17-20)8-11-23(29)25-21/h3-7,9-10,17,22,26H,2,8,11-16H2,1H3,(H,25,29). The van der Waals surface area contributed by atoms with Crippen molar-refractivity contribution in [1.29, 1.82) is 0 Å². The van der Waals surface area contributed by atoms with Gasteiger partial charge in [0.25, 0.3) is 0 Å². The van der Waals surface area contributed by atoms with Gasteiger partial charge in [-0.05, 0) is 48.7 Å². The van der Waals surface area contributed by atoms with Gasteiger partial charge in [0.15, 0.2) is 0 Å². The van der Waals surface area contributed by atoms with E-state index in [0.29, 0.717) is 31.6 Å². The molecule has 176 valence electrons. The number of hydrogen-bond donors (Lipinski definition) is 2. The topological polar surface area (TPSA) is 98.8 Å². The van der Waals surface area contributed by atoms with Gasteiger partial charge < -0.3 is 15.1 Å². The second-order valence-corrected chi connectivity index (χ2v) is 10.2. The number of likely N-dealkylation sites (N-methyl/N-ethyl adjacent to an activating group) is 1. The molecule has 2 aromatic rings. The van der Waals surface area contributed by atoms with Crippen LogP contribution in [0.3, 0.4) is 0 Å². The summed E-state index contributed by atoms with van der Waals surface area (Å²) in [6.45, 7) is 5.75. The Morgan fingerprint density at radius 2 is 1.79 bits per heavy atom. The zero-order valence-electron chi connectivity index (χ0n) is 18.8. The number of carbonyl (C=O) groups excluding carboxylic acids is 2. The molecule has 1 saturated heterocycles. The average Bonchev–Trinajstić information content (AvgIpc) is 2.83. The Kier molecular flexibility index (Phi) is 7.11. The minimum absolute atomic E-state index is 0.0760. The molecule has 2 aliphatic heterocycles. The molecule has 8 nitrogen and oxygen atoms in total. The molecule has 2 amide bonds. The fourth-order valence-electron chi connectivity index (χ4n) is 4.32. The van der Waals surface area contributed by atoms with E-state index in [9.17, 15) is 18.0 Å². The molecule has 0 spiro atoms. The maximum atomic E-state index is 13.4. The summed E-state index contributed by atoms with van der Waals surface area (Å²) in [4.78, 5) is 29.1. The first-order valence-electron chi connectivity index (χ1n) is 11.4. The number of nitrogens with zero attached hydrogens (tertiary/aromatic N) is 2. The lowest BCUT2D eigenvalue weighted by molar-refractivity contribution is -0.134. The van der Waals surface area contributed by atoms with Crippen molar-refractivity contribution in [2.45, 2.75) is 37.1 Å². The Hall–Kier alpha value is -2.75. The van der Waals surface area contributed by atoms with Crippen LogP contribution in [-0.4, -0.2) is 68.8 Å². The Labute approximate surface area is 195 Å². The third-order valence-electron chi connectivity index (χ3n) is 6.29. The van der Waals surface area contributed by atoms with Gasteiger partial charge in [-0.25, -0.2) is 8.42 Å². The smallest absolute Gasteiger partial charge is 0.241 e. The van der Waals surface area contributed by atoms with Gasteiger partial charge in [-0.2, -0.15) is 4.72 Å². The van der Waals surface area contributed by atoms with Crippen molar-refractivity contribution in [2.75, 3.05) is 38.0 Å². The molecule has 33 heavy (non-hydrogen) atoms. The molecule has 1 fully saturated rings. The molecule has 1 atom stereocenters. The summed E-state index contributed by atoms with van der Waals surface area (Å²) in [5.41, 5.74) is 2.30. The number of carbonyl (C=O) groups is 2. The highest BCUT2D eigenvalue weighted by Gasteiger charge is 2.31. The lowest BCUT2D eigenvalue weighted by Gasteiger charge is -2.36. The third-order valence-corrected chi connectivity index (χ3v) is 7.76. The lowest BCUT2D eigenvalue weighted by atomic mass is 10.0. The number of sulfonamides is 1. The van der Waals surface area contributed by atoms with Crippen molar-refractivity contribution in [2.24, 2.45) is 0 Å². The molecule has 0 radical (unpaired) electrons. The molecule has 9 heteroatoms. The van der Waals surface area contributed by atoms with Gasteiger partial charge in [0, 0.05) is 38.3 Å². The number of fused-ring (bicyclic) bond motifs is 1. The van der Waals surface area contributed by atoms with E-state index in [1.165, 1.54) is 6.07 Å². The average molecular weight is 471 g/mol. The van der Waals surface area contributed by atoms with Gasteiger partial charge in [-0.15, -0.1) is 0 Å². The van der Waals surface area contributed by atoms with E-state index in [4.69, 9.17) is 0 Å². The highest BCUT2D eigenvalue weighted by Crippen LogP contribution is 2.25. The molecule has 0 saturated carbocycles. The van der Waals surface area contributed by atoms with Crippen molar-refractivity contribution < 1.29 is 18.0 Å². The van der Waals surface area contributed by atoms with Crippen LogP contribution in [-0.2, 0) is 32.5 Å². The summed E-state index contributed by atoms with van der Waals surface area (Å²) < 4.78 is 29.3. The van der Waals surface area contributed by atoms with E-state index in [2.05, 4.69) is 21.9 Å². The molecular formula is C24H30N4O4S. The number of aryl methyl sites for hydroxylation is 1. The van der Waals surface area contributed by atoms with Crippen LogP contribution in [0, 0.1) is 0 Å². The van der Waals surface area contributed by atoms with Gasteiger partial charge in [-0.1, -0.05) is 37.3 Å². The summed E-state index contributed by atoms with van der Waals surface area (Å²) in [7, 11) is -3.95. The van der Waals surface area contributed by atoms with Crippen molar-refractivity contribution in [3.63, 3.8) is 0 Å². The van der Waals surface area contributed by atoms with Gasteiger partial charge in [0.05, 0.1) is 4.90 Å². The molecule has 2 aliphatic rings. The van der Waals surface area contributed by atoms with Gasteiger partial charge in [0.1, 0.15) is 6.04 Å².